The summed E-state index contributed by atoms with van der Waals surface area (Å²) in [6.07, 6.45) is 4.12. The van der Waals surface area contributed by atoms with Crippen molar-refractivity contribution >= 4 is 5.71 Å². The minimum Gasteiger partial charge on any atom is -0.273 e. The third-order valence-corrected chi connectivity index (χ3v) is 4.23. The van der Waals surface area contributed by atoms with E-state index >= 15 is 0 Å². The first-order valence-electron chi connectivity index (χ1n) is 7.75. The highest BCUT2D eigenvalue weighted by Crippen LogP contribution is 2.31. The summed E-state index contributed by atoms with van der Waals surface area (Å²) >= 11 is 0. The molecule has 0 fully saturated rings. The molecule has 2 unspecified atom stereocenters. The van der Waals surface area contributed by atoms with Crippen molar-refractivity contribution in [2.24, 2.45) is 4.99 Å². The number of rotatable bonds is 3. The number of nitriles is 1. The van der Waals surface area contributed by atoms with E-state index in [4.69, 9.17) is 10.2 Å². The number of aliphatic imine (C=N–C) groups is 1. The van der Waals surface area contributed by atoms with E-state index in [9.17, 15) is 0 Å². The molecule has 2 atom stereocenters. The fourth-order valence-electron chi connectivity index (χ4n) is 2.76. The van der Waals surface area contributed by atoms with Crippen LogP contribution < -0.4 is 0 Å². The zero-order valence-electron chi connectivity index (χ0n) is 13.6. The molecule has 0 N–H and O–H groups in total. The van der Waals surface area contributed by atoms with E-state index < -0.39 is 0 Å². The first-order chi connectivity index (χ1) is 11.0. The molecule has 0 saturated carbocycles. The highest BCUT2D eigenvalue weighted by molar-refractivity contribution is 5.95. The molecule has 1 aliphatic heterocycles. The van der Waals surface area contributed by atoms with Crippen molar-refractivity contribution in [3.63, 3.8) is 0 Å². The van der Waals surface area contributed by atoms with E-state index in [2.05, 4.69) is 24.1 Å². The van der Waals surface area contributed by atoms with Gasteiger partial charge in [-0.15, -0.1) is 0 Å². The molecule has 1 aliphatic rings. The molecule has 0 amide bonds. The van der Waals surface area contributed by atoms with Gasteiger partial charge in [0.15, 0.2) is 0 Å². The zero-order chi connectivity index (χ0) is 16.4. The van der Waals surface area contributed by atoms with Gasteiger partial charge in [0.2, 0.25) is 0 Å². The van der Waals surface area contributed by atoms with Gasteiger partial charge < -0.3 is 0 Å². The lowest BCUT2D eigenvalue weighted by molar-refractivity contribution is 0.622. The third-order valence-electron chi connectivity index (χ3n) is 4.23. The molecule has 0 radical (unpaired) electrons. The number of pyridine rings is 1. The Hall–Kier alpha value is -2.73. The Morgan fingerprint density at radius 2 is 1.87 bits per heavy atom. The molecule has 1 aromatic heterocycles. The molecule has 114 valence electrons. The Kier molecular flexibility index (Phi) is 3.83. The van der Waals surface area contributed by atoms with Gasteiger partial charge in [-0.1, -0.05) is 30.3 Å². The minimum atomic E-state index is -0.380. The number of aromatic nitrogens is 1. The molecule has 3 heteroatoms. The second kappa shape index (κ2) is 5.81. The Labute approximate surface area is 137 Å². The van der Waals surface area contributed by atoms with Crippen LogP contribution in [-0.4, -0.2) is 10.7 Å². The summed E-state index contributed by atoms with van der Waals surface area (Å²) < 4.78 is 0. The maximum absolute atomic E-state index is 9.00. The molecule has 1 aromatic carbocycles. The fraction of sp³-hybridized carbons (Fsp3) is 0.250. The Balaban J connectivity index is 1.95. The van der Waals surface area contributed by atoms with Crippen LogP contribution in [0.4, 0.5) is 0 Å². The van der Waals surface area contributed by atoms with Gasteiger partial charge in [-0.25, -0.2) is 4.98 Å². The highest BCUT2D eigenvalue weighted by Gasteiger charge is 2.27. The van der Waals surface area contributed by atoms with Crippen molar-refractivity contribution in [3.05, 3.63) is 65.9 Å². The second-order valence-electron chi connectivity index (χ2n) is 6.11. The van der Waals surface area contributed by atoms with Gasteiger partial charge in [0.05, 0.1) is 23.4 Å². The number of allylic oxidation sites excluding steroid dienone is 1. The summed E-state index contributed by atoms with van der Waals surface area (Å²) in [5.74, 6) is -0.0943. The summed E-state index contributed by atoms with van der Waals surface area (Å²) in [7, 11) is 0. The highest BCUT2D eigenvalue weighted by atomic mass is 14.9. The van der Waals surface area contributed by atoms with Crippen LogP contribution in [0.15, 0.2) is 59.6 Å². The van der Waals surface area contributed by atoms with Crippen molar-refractivity contribution in [2.75, 3.05) is 0 Å². The largest absolute Gasteiger partial charge is 0.273 e. The number of benzene rings is 1. The molecule has 0 aliphatic carbocycles. The van der Waals surface area contributed by atoms with E-state index in [0.717, 1.165) is 28.2 Å². The predicted octanol–water partition coefficient (Wildman–Crippen LogP) is 4.62. The topological polar surface area (TPSA) is 49.0 Å². The van der Waals surface area contributed by atoms with Crippen LogP contribution in [0.5, 0.6) is 0 Å². The molecule has 3 rings (SSSR count). The van der Waals surface area contributed by atoms with Gasteiger partial charge in [-0.3, -0.25) is 4.99 Å². The first-order valence-corrected chi connectivity index (χ1v) is 7.75. The molecule has 0 spiro atoms. The number of hydrogen-bond acceptors (Lipinski definition) is 3. The average molecular weight is 301 g/mol. The van der Waals surface area contributed by atoms with Crippen LogP contribution in [0, 0.1) is 11.3 Å². The Morgan fingerprint density at radius 1 is 1.13 bits per heavy atom. The van der Waals surface area contributed by atoms with Gasteiger partial charge in [0.25, 0.3) is 0 Å². The lowest BCUT2D eigenvalue weighted by atomic mass is 9.97. The molecule has 0 bridgehead atoms. The van der Waals surface area contributed by atoms with Crippen molar-refractivity contribution in [3.8, 4) is 17.3 Å². The van der Waals surface area contributed by atoms with Gasteiger partial charge in [-0.05, 0) is 50.6 Å². The van der Waals surface area contributed by atoms with Crippen molar-refractivity contribution in [1.82, 2.24) is 4.98 Å². The lowest BCUT2D eigenvalue weighted by Crippen LogP contribution is -2.16. The SMILES string of the molecule is CC1=NC(C)(c2cccc(-c3ccc(C(C)C#N)cc3)n2)C=C1. The van der Waals surface area contributed by atoms with Crippen LogP contribution in [-0.2, 0) is 5.54 Å². The third kappa shape index (κ3) is 2.93. The van der Waals surface area contributed by atoms with Gasteiger partial charge in [0.1, 0.15) is 5.54 Å². The summed E-state index contributed by atoms with van der Waals surface area (Å²) in [6, 6.07) is 16.3. The standard InChI is InChI=1S/C20H19N3/c1-14(13-21)16-7-9-17(10-8-16)18-5-4-6-19(22-18)20(3)12-11-15(2)23-20/h4-12,14H,1-3H3. The van der Waals surface area contributed by atoms with Crippen molar-refractivity contribution in [1.29, 1.82) is 5.26 Å². The van der Waals surface area contributed by atoms with Crippen LogP contribution in [0.25, 0.3) is 11.3 Å². The summed E-state index contributed by atoms with van der Waals surface area (Å²) in [5, 5.41) is 9.00. The van der Waals surface area contributed by atoms with E-state index in [1.807, 2.05) is 62.4 Å². The smallest absolute Gasteiger partial charge is 0.118 e. The first kappa shape index (κ1) is 15.2. The number of nitrogens with zero attached hydrogens (tertiary/aromatic N) is 3. The van der Waals surface area contributed by atoms with Gasteiger partial charge >= 0.3 is 0 Å². The summed E-state index contributed by atoms with van der Waals surface area (Å²) in [4.78, 5) is 9.48. The molecule has 23 heavy (non-hydrogen) atoms. The van der Waals surface area contributed by atoms with Crippen LogP contribution in [0.2, 0.25) is 0 Å². The molecule has 2 aromatic rings. The monoisotopic (exact) mass is 301 g/mol. The van der Waals surface area contributed by atoms with Crippen LogP contribution in [0.3, 0.4) is 0 Å². The maximum Gasteiger partial charge on any atom is 0.118 e. The van der Waals surface area contributed by atoms with E-state index in [-0.39, 0.29) is 11.5 Å². The number of hydrogen-bond donors (Lipinski definition) is 0. The predicted molar refractivity (Wildman–Crippen MR) is 93.3 cm³/mol. The Bertz CT molecular complexity index is 825. The van der Waals surface area contributed by atoms with Crippen molar-refractivity contribution in [2.45, 2.75) is 32.2 Å². The van der Waals surface area contributed by atoms with Gasteiger partial charge in [0, 0.05) is 11.3 Å². The molecular formula is C20H19N3. The van der Waals surface area contributed by atoms with Gasteiger partial charge in [-0.2, -0.15) is 5.26 Å². The normalized spacial score (nSPS) is 20.9. The fourth-order valence-corrected chi connectivity index (χ4v) is 2.76. The Morgan fingerprint density at radius 3 is 2.48 bits per heavy atom. The van der Waals surface area contributed by atoms with E-state index in [0.29, 0.717) is 0 Å². The lowest BCUT2D eigenvalue weighted by Gasteiger charge is -2.18. The quantitative estimate of drug-likeness (QED) is 0.830. The second-order valence-corrected chi connectivity index (χ2v) is 6.11. The van der Waals surface area contributed by atoms with Crippen LogP contribution in [0.1, 0.15) is 37.9 Å². The summed E-state index contributed by atoms with van der Waals surface area (Å²) in [5.41, 5.74) is 4.58. The van der Waals surface area contributed by atoms with E-state index in [1.54, 1.807) is 0 Å². The molecular weight excluding hydrogens is 282 g/mol. The molecule has 0 saturated heterocycles. The summed E-state index contributed by atoms with van der Waals surface area (Å²) in [6.45, 7) is 5.98. The van der Waals surface area contributed by atoms with E-state index in [1.165, 1.54) is 0 Å². The molecule has 2 heterocycles. The average Bonchev–Trinajstić information content (AvgIpc) is 2.95. The zero-order valence-corrected chi connectivity index (χ0v) is 13.6. The van der Waals surface area contributed by atoms with Crippen molar-refractivity contribution < 1.29 is 0 Å². The molecule has 3 nitrogen and oxygen atoms in total. The van der Waals surface area contributed by atoms with Crippen LogP contribution >= 0.6 is 0 Å². The maximum atomic E-state index is 9.00. The minimum absolute atomic E-state index is 0.0943.